The first-order chi connectivity index (χ1) is 13.7. The molecule has 1 aromatic carbocycles. The SMILES string of the molecule is COC(=O)CC(NC(=O)C1CC(=O)N(C2CCS(=O)(=O)C2)C1)c1ccccc1Cl. The van der Waals surface area contributed by atoms with Crippen molar-refractivity contribution in [2.24, 2.45) is 5.92 Å². The van der Waals surface area contributed by atoms with Gasteiger partial charge in [-0.15, -0.1) is 0 Å². The van der Waals surface area contributed by atoms with Crippen LogP contribution in [0.25, 0.3) is 0 Å². The Morgan fingerprint density at radius 3 is 2.69 bits per heavy atom. The number of benzene rings is 1. The lowest BCUT2D eigenvalue weighted by Crippen LogP contribution is -2.40. The van der Waals surface area contributed by atoms with Crippen molar-refractivity contribution in [2.45, 2.75) is 31.3 Å². The molecular weight excluding hydrogens is 420 g/mol. The zero-order chi connectivity index (χ0) is 21.2. The van der Waals surface area contributed by atoms with Gasteiger partial charge in [-0.1, -0.05) is 29.8 Å². The molecule has 1 aromatic rings. The molecule has 0 saturated carbocycles. The van der Waals surface area contributed by atoms with Crippen molar-refractivity contribution in [3.8, 4) is 0 Å². The first-order valence-corrected chi connectivity index (χ1v) is 11.5. The van der Waals surface area contributed by atoms with Crippen LogP contribution in [-0.2, 0) is 29.0 Å². The van der Waals surface area contributed by atoms with Gasteiger partial charge >= 0.3 is 5.97 Å². The number of esters is 1. The molecule has 29 heavy (non-hydrogen) atoms. The topological polar surface area (TPSA) is 110 Å². The standard InChI is InChI=1S/C19H23ClN2O6S/c1-28-18(24)9-16(14-4-2-3-5-15(14)20)21-19(25)12-8-17(23)22(10-12)13-6-7-29(26,27)11-13/h2-5,12-13,16H,6-11H2,1H3,(H,21,25). The Balaban J connectivity index is 1.70. The molecule has 2 heterocycles. The number of amides is 2. The highest BCUT2D eigenvalue weighted by atomic mass is 35.5. The van der Waals surface area contributed by atoms with E-state index in [-0.39, 0.29) is 48.7 Å². The second-order valence-corrected chi connectivity index (χ2v) is 10.0. The van der Waals surface area contributed by atoms with Gasteiger partial charge in [-0.2, -0.15) is 0 Å². The maximum Gasteiger partial charge on any atom is 0.307 e. The van der Waals surface area contributed by atoms with Crippen molar-refractivity contribution in [3.05, 3.63) is 34.9 Å². The number of carbonyl (C=O) groups is 3. The van der Waals surface area contributed by atoms with Crippen LogP contribution in [0, 0.1) is 5.92 Å². The molecule has 0 radical (unpaired) electrons. The fourth-order valence-electron chi connectivity index (χ4n) is 3.82. The lowest BCUT2D eigenvalue weighted by molar-refractivity contribution is -0.141. The van der Waals surface area contributed by atoms with Crippen LogP contribution in [-0.4, -0.2) is 62.3 Å². The highest BCUT2D eigenvalue weighted by Gasteiger charge is 2.42. The Hall–Kier alpha value is -2.13. The van der Waals surface area contributed by atoms with E-state index in [9.17, 15) is 22.8 Å². The summed E-state index contributed by atoms with van der Waals surface area (Å²) in [6.45, 7) is 0.165. The molecule has 0 aliphatic carbocycles. The number of carbonyl (C=O) groups excluding carboxylic acids is 3. The fraction of sp³-hybridized carbons (Fsp3) is 0.526. The second-order valence-electron chi connectivity index (χ2n) is 7.37. The molecule has 0 aromatic heterocycles. The molecule has 10 heteroatoms. The third kappa shape index (κ3) is 5.08. The molecule has 2 fully saturated rings. The van der Waals surface area contributed by atoms with Crippen LogP contribution >= 0.6 is 11.6 Å². The first kappa shape index (κ1) is 21.6. The van der Waals surface area contributed by atoms with E-state index in [0.29, 0.717) is 17.0 Å². The number of nitrogens with one attached hydrogen (secondary N) is 1. The molecule has 158 valence electrons. The van der Waals surface area contributed by atoms with Gasteiger partial charge in [0.25, 0.3) is 0 Å². The summed E-state index contributed by atoms with van der Waals surface area (Å²) in [5, 5.41) is 3.21. The van der Waals surface area contributed by atoms with E-state index in [0.717, 1.165) is 0 Å². The predicted molar refractivity (Wildman–Crippen MR) is 106 cm³/mol. The Bertz CT molecular complexity index is 919. The van der Waals surface area contributed by atoms with E-state index in [4.69, 9.17) is 16.3 Å². The largest absolute Gasteiger partial charge is 0.469 e. The molecule has 3 unspecified atom stereocenters. The van der Waals surface area contributed by atoms with Crippen LogP contribution in [0.15, 0.2) is 24.3 Å². The molecule has 8 nitrogen and oxygen atoms in total. The summed E-state index contributed by atoms with van der Waals surface area (Å²) in [6.07, 6.45) is 0.306. The maximum absolute atomic E-state index is 12.8. The fourth-order valence-corrected chi connectivity index (χ4v) is 5.82. The molecule has 2 saturated heterocycles. The average molecular weight is 443 g/mol. The number of hydrogen-bond acceptors (Lipinski definition) is 6. The third-order valence-electron chi connectivity index (χ3n) is 5.37. The summed E-state index contributed by atoms with van der Waals surface area (Å²) in [5.74, 6) is -1.72. The van der Waals surface area contributed by atoms with Crippen molar-refractivity contribution < 1.29 is 27.5 Å². The maximum atomic E-state index is 12.8. The molecular formula is C19H23ClN2O6S. The van der Waals surface area contributed by atoms with Crippen molar-refractivity contribution in [2.75, 3.05) is 25.2 Å². The van der Waals surface area contributed by atoms with Crippen LogP contribution < -0.4 is 5.32 Å². The molecule has 3 atom stereocenters. The molecule has 0 spiro atoms. The minimum atomic E-state index is -3.13. The summed E-state index contributed by atoms with van der Waals surface area (Å²) in [5.41, 5.74) is 0.580. The van der Waals surface area contributed by atoms with Gasteiger partial charge in [0.2, 0.25) is 11.8 Å². The Labute approximate surface area is 174 Å². The number of halogens is 1. The van der Waals surface area contributed by atoms with Crippen molar-refractivity contribution in [1.29, 1.82) is 0 Å². The number of nitrogens with zero attached hydrogens (tertiary/aromatic N) is 1. The number of rotatable bonds is 6. The van der Waals surface area contributed by atoms with Crippen LogP contribution in [0.2, 0.25) is 5.02 Å². The molecule has 2 aliphatic rings. The van der Waals surface area contributed by atoms with Gasteiger partial charge in [-0.3, -0.25) is 14.4 Å². The van der Waals surface area contributed by atoms with Crippen LogP contribution in [0.1, 0.15) is 30.9 Å². The van der Waals surface area contributed by atoms with E-state index in [1.165, 1.54) is 12.0 Å². The third-order valence-corrected chi connectivity index (χ3v) is 7.47. The molecule has 0 bridgehead atoms. The Morgan fingerprint density at radius 1 is 1.34 bits per heavy atom. The van der Waals surface area contributed by atoms with Gasteiger partial charge < -0.3 is 15.0 Å². The van der Waals surface area contributed by atoms with Gasteiger partial charge in [-0.05, 0) is 18.1 Å². The molecule has 2 aliphatic heterocycles. The van der Waals surface area contributed by atoms with Crippen molar-refractivity contribution >= 4 is 39.2 Å². The number of hydrogen-bond donors (Lipinski definition) is 1. The summed E-state index contributed by atoms with van der Waals surface area (Å²) >= 11 is 6.23. The number of ether oxygens (including phenoxy) is 1. The highest BCUT2D eigenvalue weighted by molar-refractivity contribution is 7.91. The van der Waals surface area contributed by atoms with Gasteiger partial charge in [-0.25, -0.2) is 8.42 Å². The minimum Gasteiger partial charge on any atom is -0.469 e. The van der Waals surface area contributed by atoms with Gasteiger partial charge in [0.1, 0.15) is 0 Å². The van der Waals surface area contributed by atoms with Crippen LogP contribution in [0.5, 0.6) is 0 Å². The summed E-state index contributed by atoms with van der Waals surface area (Å²) in [6, 6.07) is 5.80. The molecule has 3 rings (SSSR count). The van der Waals surface area contributed by atoms with E-state index in [1.807, 2.05) is 0 Å². The average Bonchev–Trinajstić information content (AvgIpc) is 3.23. The lowest BCUT2D eigenvalue weighted by Gasteiger charge is -2.24. The summed E-state index contributed by atoms with van der Waals surface area (Å²) < 4.78 is 28.1. The lowest BCUT2D eigenvalue weighted by atomic mass is 10.0. The Morgan fingerprint density at radius 2 is 2.07 bits per heavy atom. The minimum absolute atomic E-state index is 0.00977. The Kier molecular flexibility index (Phi) is 6.48. The smallest absolute Gasteiger partial charge is 0.307 e. The van der Waals surface area contributed by atoms with Gasteiger partial charge in [0.05, 0.1) is 37.0 Å². The number of sulfone groups is 1. The van der Waals surface area contributed by atoms with Crippen LogP contribution in [0.4, 0.5) is 0 Å². The zero-order valence-electron chi connectivity index (χ0n) is 16.0. The normalized spacial score (nSPS) is 24.3. The van der Waals surface area contributed by atoms with Gasteiger partial charge in [0.15, 0.2) is 9.84 Å². The summed E-state index contributed by atoms with van der Waals surface area (Å²) in [7, 11) is -1.87. The van der Waals surface area contributed by atoms with E-state index in [2.05, 4.69) is 5.32 Å². The molecule has 2 amide bonds. The second kappa shape index (κ2) is 8.71. The van der Waals surface area contributed by atoms with Crippen molar-refractivity contribution in [1.82, 2.24) is 10.2 Å². The zero-order valence-corrected chi connectivity index (χ0v) is 17.5. The van der Waals surface area contributed by atoms with Gasteiger partial charge in [0, 0.05) is 24.0 Å². The van der Waals surface area contributed by atoms with Crippen LogP contribution in [0.3, 0.4) is 0 Å². The molecule has 1 N–H and O–H groups in total. The number of likely N-dealkylation sites (tertiary alicyclic amines) is 1. The quantitative estimate of drug-likeness (QED) is 0.660. The highest BCUT2D eigenvalue weighted by Crippen LogP contribution is 2.29. The first-order valence-electron chi connectivity index (χ1n) is 9.31. The van der Waals surface area contributed by atoms with Crippen molar-refractivity contribution in [3.63, 3.8) is 0 Å². The number of methoxy groups -OCH3 is 1. The van der Waals surface area contributed by atoms with E-state index >= 15 is 0 Å². The van der Waals surface area contributed by atoms with E-state index in [1.54, 1.807) is 24.3 Å². The summed E-state index contributed by atoms with van der Waals surface area (Å²) in [4.78, 5) is 38.5. The monoisotopic (exact) mass is 442 g/mol. The van der Waals surface area contributed by atoms with E-state index < -0.39 is 27.8 Å². The predicted octanol–water partition coefficient (Wildman–Crippen LogP) is 1.10.